The minimum atomic E-state index is -2.32. The van der Waals surface area contributed by atoms with Gasteiger partial charge in [-0.05, 0) is 36.4 Å². The summed E-state index contributed by atoms with van der Waals surface area (Å²) in [6, 6.07) is 3.62. The van der Waals surface area contributed by atoms with E-state index in [2.05, 4.69) is 5.32 Å². The first-order valence-corrected chi connectivity index (χ1v) is 11.5. The number of hydrogen-bond donors (Lipinski definition) is 2. The van der Waals surface area contributed by atoms with Crippen molar-refractivity contribution in [3.8, 4) is 0 Å². The molecule has 2 fully saturated rings. The van der Waals surface area contributed by atoms with Gasteiger partial charge in [0, 0.05) is 12.1 Å². The molecule has 1 amide bonds. The number of Topliss-reactive ketones (excluding diaryl/α,β-unsaturated/α-hetero) is 1. The summed E-state index contributed by atoms with van der Waals surface area (Å²) in [5.74, 6) is -2.32. The summed E-state index contributed by atoms with van der Waals surface area (Å²) < 4.78 is 16.5. The molecule has 1 aromatic carbocycles. The maximum Gasteiger partial charge on any atom is 0.530 e. The van der Waals surface area contributed by atoms with Crippen LogP contribution >= 0.6 is 23.2 Å². The fourth-order valence-electron chi connectivity index (χ4n) is 4.79. The zero-order chi connectivity index (χ0) is 24.5. The molecule has 2 bridgehead atoms. The van der Waals surface area contributed by atoms with E-state index in [1.165, 1.54) is 19.2 Å². The fraction of sp³-hybridized carbons (Fsp3) is 0.524. The predicted molar refractivity (Wildman–Crippen MR) is 121 cm³/mol. The summed E-state index contributed by atoms with van der Waals surface area (Å²) in [5.41, 5.74) is 0.162. The van der Waals surface area contributed by atoms with E-state index in [1.807, 2.05) is 13.8 Å². The zero-order valence-corrected chi connectivity index (χ0v) is 20.4. The summed E-state index contributed by atoms with van der Waals surface area (Å²) in [6.45, 7) is 1.38. The number of rotatable bonds is 9. The molecule has 33 heavy (non-hydrogen) atoms. The molecule has 2 N–H and O–H groups in total. The van der Waals surface area contributed by atoms with E-state index < -0.39 is 42.5 Å². The number of carbonyl (C=O) groups excluding carboxylic acids is 4. The summed E-state index contributed by atoms with van der Waals surface area (Å²) in [6.07, 6.45) is -0.551. The van der Waals surface area contributed by atoms with Gasteiger partial charge in [-0.15, -0.1) is 0 Å². The molecule has 2 unspecified atom stereocenters. The van der Waals surface area contributed by atoms with E-state index in [4.69, 9.17) is 37.2 Å². The first kappa shape index (κ1) is 25.5. The Morgan fingerprint density at radius 1 is 1.27 bits per heavy atom. The van der Waals surface area contributed by atoms with Crippen LogP contribution in [0, 0.1) is 5.92 Å². The van der Waals surface area contributed by atoms with Crippen molar-refractivity contribution in [3.05, 3.63) is 33.8 Å². The number of nitrogens with one attached hydrogen (secondary N) is 2. The molecule has 0 aromatic heterocycles. The Bertz CT molecular complexity index is 976. The lowest BCUT2D eigenvalue weighted by molar-refractivity contribution is -0.799. The fourth-order valence-corrected chi connectivity index (χ4v) is 5.17. The highest BCUT2D eigenvalue weighted by Crippen LogP contribution is 2.39. The second-order valence-electron chi connectivity index (χ2n) is 8.95. The third kappa shape index (κ3) is 5.03. The molecule has 2 heterocycles. The molecule has 2 aliphatic heterocycles. The van der Waals surface area contributed by atoms with E-state index in [1.54, 1.807) is 13.1 Å². The van der Waals surface area contributed by atoms with Gasteiger partial charge in [0.05, 0.1) is 24.2 Å². The van der Waals surface area contributed by atoms with Gasteiger partial charge in [0.15, 0.2) is 12.1 Å². The van der Waals surface area contributed by atoms with Gasteiger partial charge >= 0.3 is 12.7 Å². The Morgan fingerprint density at radius 2 is 1.97 bits per heavy atom. The van der Waals surface area contributed by atoms with Gasteiger partial charge in [-0.2, -0.15) is 0 Å². The monoisotopic (exact) mass is 500 g/mol. The number of esters is 1. The van der Waals surface area contributed by atoms with Crippen LogP contribution in [-0.2, 0) is 28.4 Å². The van der Waals surface area contributed by atoms with Crippen LogP contribution in [0.1, 0.15) is 37.0 Å². The second-order valence-corrected chi connectivity index (χ2v) is 9.79. The number of carbonyl (C=O) groups is 4. The number of methoxy groups -OCH3 is 1. The largest absolute Gasteiger partial charge is 0.613 e. The molecule has 0 aliphatic carbocycles. The number of ketones is 1. The molecule has 5 atom stereocenters. The molecular weight excluding hydrogens is 474 g/mol. The molecule has 3 rings (SSSR count). The van der Waals surface area contributed by atoms with Gasteiger partial charge in [0.2, 0.25) is 0 Å². The molecule has 0 saturated carbocycles. The molecule has 1 aromatic rings. The topological polar surface area (TPSA) is 112 Å². The Hall–Kier alpha value is -2.14. The van der Waals surface area contributed by atoms with Gasteiger partial charge < -0.3 is 24.2 Å². The number of halogens is 2. The first-order chi connectivity index (χ1) is 15.5. The Morgan fingerprint density at radius 3 is 2.61 bits per heavy atom. The summed E-state index contributed by atoms with van der Waals surface area (Å²) in [5, 5.41) is 3.12. The van der Waals surface area contributed by atoms with Crippen LogP contribution in [0.5, 0.6) is 0 Å². The SMILES string of the molecule is COC(=O)[C@H]1[C@H]2O[B-]([C@@H](CC(=O)CNC(=O)c3cc(Cl)ccc3Cl)CC(C)C)(OC2=O)[NH+]1C. The number of hydrogen-bond acceptors (Lipinski definition) is 7. The minimum absolute atomic E-state index is 0.00697. The van der Waals surface area contributed by atoms with Crippen molar-refractivity contribution in [2.45, 2.75) is 44.7 Å². The molecule has 12 heteroatoms. The van der Waals surface area contributed by atoms with Gasteiger partial charge in [0.25, 0.3) is 11.9 Å². The van der Waals surface area contributed by atoms with Crippen molar-refractivity contribution in [1.29, 1.82) is 0 Å². The Kier molecular flexibility index (Phi) is 7.73. The smallest absolute Gasteiger partial charge is 0.530 e. The van der Waals surface area contributed by atoms with Crippen LogP contribution in [0.2, 0.25) is 15.9 Å². The van der Waals surface area contributed by atoms with Crippen LogP contribution in [0.4, 0.5) is 0 Å². The van der Waals surface area contributed by atoms with Crippen LogP contribution < -0.4 is 10.1 Å². The van der Waals surface area contributed by atoms with Crippen LogP contribution in [-0.4, -0.2) is 63.2 Å². The summed E-state index contributed by atoms with van der Waals surface area (Å²) in [4.78, 5) is 50.6. The molecule has 0 spiro atoms. The third-order valence-electron chi connectivity index (χ3n) is 6.26. The lowest BCUT2D eigenvalue weighted by Crippen LogP contribution is -3.24. The van der Waals surface area contributed by atoms with Crippen molar-refractivity contribution in [1.82, 2.24) is 5.32 Å². The van der Waals surface area contributed by atoms with E-state index in [0.29, 0.717) is 16.3 Å². The summed E-state index contributed by atoms with van der Waals surface area (Å²) >= 11 is 12.0. The molecule has 180 valence electrons. The van der Waals surface area contributed by atoms with Gasteiger partial charge in [-0.3, -0.25) is 14.4 Å². The van der Waals surface area contributed by atoms with E-state index in [-0.39, 0.29) is 35.3 Å². The highest BCUT2D eigenvalue weighted by Gasteiger charge is 2.69. The van der Waals surface area contributed by atoms with Gasteiger partial charge in [-0.1, -0.05) is 43.5 Å². The van der Waals surface area contributed by atoms with Crippen molar-refractivity contribution >= 4 is 53.5 Å². The molecule has 2 aliphatic rings. The number of likely N-dealkylation sites (N-methyl/N-ethyl adjacent to an activating group) is 1. The first-order valence-electron chi connectivity index (χ1n) is 10.7. The Labute approximate surface area is 202 Å². The highest BCUT2D eigenvalue weighted by molar-refractivity contribution is 6.65. The normalized spacial score (nSPS) is 26.8. The highest BCUT2D eigenvalue weighted by atomic mass is 35.5. The second kappa shape index (κ2) is 10.0. The number of ether oxygens (including phenoxy) is 1. The van der Waals surface area contributed by atoms with Crippen molar-refractivity contribution in [2.75, 3.05) is 20.7 Å². The molecule has 2 saturated heterocycles. The van der Waals surface area contributed by atoms with Crippen molar-refractivity contribution in [2.24, 2.45) is 5.92 Å². The van der Waals surface area contributed by atoms with Crippen LogP contribution in [0.3, 0.4) is 0 Å². The average Bonchev–Trinajstić information content (AvgIpc) is 3.25. The van der Waals surface area contributed by atoms with Gasteiger partial charge in [0.1, 0.15) is 5.78 Å². The number of amides is 1. The molecule has 9 nitrogen and oxygen atoms in total. The maximum absolute atomic E-state index is 12.9. The lowest BCUT2D eigenvalue weighted by Gasteiger charge is -2.43. The number of quaternary nitrogens is 1. The molecular formula is C21H27BCl2N2O7. The van der Waals surface area contributed by atoms with Crippen molar-refractivity contribution < 1.29 is 38.0 Å². The zero-order valence-electron chi connectivity index (χ0n) is 18.9. The van der Waals surface area contributed by atoms with E-state index in [0.717, 1.165) is 0 Å². The quantitative estimate of drug-likeness (QED) is 0.385. The standard InChI is InChI=1S/C21H27BCl2N2O7/c1-11(2)7-12(22-26(3)17(20(29)31-4)18(32-22)21(30)33-22)8-14(27)10-25-19(28)15-9-13(23)5-6-16(15)24/h5-6,9,11-12,17-18,26H,7-8,10H2,1-4H3,(H,25,28)/t12-,17-,18-,22?/m1/s1. The van der Waals surface area contributed by atoms with E-state index in [9.17, 15) is 19.2 Å². The number of benzene rings is 1. The maximum atomic E-state index is 12.9. The number of fused-ring (bicyclic) bond motifs is 2. The van der Waals surface area contributed by atoms with Gasteiger partial charge in [-0.25, -0.2) is 4.79 Å². The Balaban J connectivity index is 1.74. The lowest BCUT2D eigenvalue weighted by atomic mass is 9.53. The average molecular weight is 501 g/mol. The van der Waals surface area contributed by atoms with Crippen LogP contribution in [0.15, 0.2) is 18.2 Å². The minimum Gasteiger partial charge on any atom is -0.613 e. The van der Waals surface area contributed by atoms with E-state index >= 15 is 0 Å². The third-order valence-corrected chi connectivity index (χ3v) is 6.82. The predicted octanol–water partition coefficient (Wildman–Crippen LogP) is 1.05. The van der Waals surface area contributed by atoms with Crippen molar-refractivity contribution in [3.63, 3.8) is 0 Å². The summed E-state index contributed by atoms with van der Waals surface area (Å²) in [7, 11) is 2.95. The van der Waals surface area contributed by atoms with Crippen LogP contribution in [0.25, 0.3) is 0 Å². The molecule has 0 radical (unpaired) electrons.